The molecule has 0 bridgehead atoms. The molecular weight excluding hydrogens is 420 g/mol. The van der Waals surface area contributed by atoms with Crippen LogP contribution in [0.4, 0.5) is 0 Å². The number of carbonyl (C=O) groups is 2. The number of aryl methyl sites for hydroxylation is 1. The van der Waals surface area contributed by atoms with Crippen LogP contribution in [0, 0.1) is 0 Å². The lowest BCUT2D eigenvalue weighted by Gasteiger charge is -2.19. The molecule has 3 aromatic rings. The second-order valence-electron chi connectivity index (χ2n) is 9.13. The number of H-pyrrole nitrogens is 1. The molecule has 0 aliphatic rings. The number of hydrogen-bond donors (Lipinski definition) is 1. The molecule has 0 radical (unpaired) electrons. The molecule has 0 amide bonds. The van der Waals surface area contributed by atoms with Gasteiger partial charge in [-0.3, -0.25) is 14.6 Å². The maximum absolute atomic E-state index is 12.2. The van der Waals surface area contributed by atoms with Gasteiger partial charge < -0.3 is 19.2 Å². The number of nitrogens with zero attached hydrogens (tertiary/aromatic N) is 1. The van der Waals surface area contributed by atoms with Crippen LogP contribution in [0.2, 0.25) is 0 Å². The van der Waals surface area contributed by atoms with E-state index in [0.29, 0.717) is 45.7 Å². The Kier molecular flexibility index (Phi) is 8.97. The number of benzene rings is 1. The highest BCUT2D eigenvalue weighted by molar-refractivity contribution is 6.06. The number of pyridine rings is 1. The largest absolute Gasteiger partial charge is 0.460 e. The number of aromatic nitrogens is 2. The Labute approximate surface area is 194 Å². The van der Waals surface area contributed by atoms with E-state index in [2.05, 4.69) is 28.2 Å². The van der Waals surface area contributed by atoms with E-state index in [4.69, 9.17) is 14.2 Å². The number of carbonyl (C=O) groups excluding carboxylic acids is 2. The summed E-state index contributed by atoms with van der Waals surface area (Å²) in [6, 6.07) is 8.27. The molecule has 33 heavy (non-hydrogen) atoms. The number of esters is 1. The van der Waals surface area contributed by atoms with Gasteiger partial charge in [0.25, 0.3) is 0 Å². The van der Waals surface area contributed by atoms with E-state index in [1.807, 2.05) is 33.0 Å². The molecule has 0 unspecified atom stereocenters. The van der Waals surface area contributed by atoms with Crippen LogP contribution in [-0.2, 0) is 30.2 Å². The van der Waals surface area contributed by atoms with E-state index in [1.54, 1.807) is 6.20 Å². The van der Waals surface area contributed by atoms with Crippen LogP contribution in [0.5, 0.6) is 0 Å². The highest BCUT2D eigenvalue weighted by Gasteiger charge is 2.15. The topological polar surface area (TPSA) is 90.5 Å². The van der Waals surface area contributed by atoms with Crippen LogP contribution >= 0.6 is 0 Å². The Hall–Kier alpha value is -2.77. The zero-order valence-electron chi connectivity index (χ0n) is 19.8. The van der Waals surface area contributed by atoms with Crippen LogP contribution in [0.1, 0.15) is 52.0 Å². The van der Waals surface area contributed by atoms with Crippen LogP contribution in [0.15, 0.2) is 36.7 Å². The van der Waals surface area contributed by atoms with E-state index >= 15 is 0 Å². The molecule has 7 nitrogen and oxygen atoms in total. The van der Waals surface area contributed by atoms with Crippen LogP contribution in [-0.4, -0.2) is 53.7 Å². The molecule has 0 atom stereocenters. The lowest BCUT2D eigenvalue weighted by molar-refractivity contribution is -0.156. The van der Waals surface area contributed by atoms with Gasteiger partial charge in [0.15, 0.2) is 0 Å². The van der Waals surface area contributed by atoms with Crippen LogP contribution < -0.4 is 0 Å². The molecule has 3 rings (SSSR count). The van der Waals surface area contributed by atoms with Gasteiger partial charge in [-0.1, -0.05) is 12.1 Å². The minimum atomic E-state index is -0.472. The van der Waals surface area contributed by atoms with Gasteiger partial charge in [-0.05, 0) is 51.3 Å². The predicted octanol–water partition coefficient (Wildman–Crippen LogP) is 4.76. The molecule has 2 aromatic heterocycles. The van der Waals surface area contributed by atoms with Crippen molar-refractivity contribution in [2.45, 2.75) is 58.5 Å². The summed E-state index contributed by atoms with van der Waals surface area (Å²) in [6.45, 7) is 7.23. The number of aromatic amines is 1. The fraction of sp³-hybridized carbons (Fsp3) is 0.500. The number of hydrogen-bond acceptors (Lipinski definition) is 6. The average Bonchev–Trinajstić information content (AvgIpc) is 3.13. The number of Topliss-reactive ketones (excluding diaryl/α,β-unsaturated/α-hetero) is 1. The van der Waals surface area contributed by atoms with Gasteiger partial charge >= 0.3 is 5.97 Å². The normalized spacial score (nSPS) is 11.8. The first-order valence-corrected chi connectivity index (χ1v) is 11.6. The van der Waals surface area contributed by atoms with E-state index in [-0.39, 0.29) is 18.2 Å². The van der Waals surface area contributed by atoms with Gasteiger partial charge in [0.2, 0.25) is 0 Å². The zero-order valence-corrected chi connectivity index (χ0v) is 19.8. The van der Waals surface area contributed by atoms with E-state index < -0.39 is 5.60 Å². The minimum absolute atomic E-state index is 0.232. The van der Waals surface area contributed by atoms with Gasteiger partial charge in [0.1, 0.15) is 11.4 Å². The predicted molar refractivity (Wildman–Crippen MR) is 128 cm³/mol. The molecule has 7 heteroatoms. The molecule has 0 saturated heterocycles. The number of fused-ring (bicyclic) bond motifs is 3. The molecule has 0 saturated carbocycles. The van der Waals surface area contributed by atoms with Crippen LogP contribution in [0.3, 0.4) is 0 Å². The van der Waals surface area contributed by atoms with Gasteiger partial charge in [-0.25, -0.2) is 0 Å². The molecule has 0 spiro atoms. The van der Waals surface area contributed by atoms with Crippen molar-refractivity contribution in [1.82, 2.24) is 9.97 Å². The van der Waals surface area contributed by atoms with Crippen molar-refractivity contribution in [3.8, 4) is 0 Å². The number of rotatable bonds is 13. The monoisotopic (exact) mass is 454 g/mol. The smallest absolute Gasteiger partial charge is 0.308 e. The summed E-state index contributed by atoms with van der Waals surface area (Å²) in [6.07, 6.45) is 6.35. The Balaban J connectivity index is 1.24. The quantitative estimate of drug-likeness (QED) is 0.296. The molecule has 1 aromatic carbocycles. The third kappa shape index (κ3) is 8.26. The third-order valence-corrected chi connectivity index (χ3v) is 5.14. The first-order valence-electron chi connectivity index (χ1n) is 11.6. The maximum Gasteiger partial charge on any atom is 0.308 e. The lowest BCUT2D eigenvalue weighted by atomic mass is 10.0. The first-order chi connectivity index (χ1) is 15.8. The SMILES string of the molecule is CC(C)(C)OC(=O)CCOCCOCCCC(=O)CCc1ccc2c(c1)[nH]c1ccncc12. The number of nitrogens with one attached hydrogen (secondary N) is 1. The molecule has 0 aliphatic heterocycles. The Bertz CT molecular complexity index is 1070. The van der Waals surface area contributed by atoms with E-state index in [0.717, 1.165) is 33.8 Å². The number of ketones is 1. The van der Waals surface area contributed by atoms with Crippen molar-refractivity contribution in [2.75, 3.05) is 26.4 Å². The van der Waals surface area contributed by atoms with Crippen molar-refractivity contribution in [3.05, 3.63) is 42.2 Å². The summed E-state index contributed by atoms with van der Waals surface area (Å²) in [5.74, 6) is -0.0198. The van der Waals surface area contributed by atoms with Gasteiger partial charge in [0, 0.05) is 53.6 Å². The summed E-state index contributed by atoms with van der Waals surface area (Å²) in [5, 5.41) is 2.27. The minimum Gasteiger partial charge on any atom is -0.460 e. The van der Waals surface area contributed by atoms with E-state index in [9.17, 15) is 9.59 Å². The fourth-order valence-electron chi connectivity index (χ4n) is 3.60. The average molecular weight is 455 g/mol. The standard InChI is InChI=1S/C26H34N2O5/c1-26(2,3)33-25(30)11-14-32-16-15-31-13-4-5-20(29)8-6-19-7-9-21-22-18-27-12-10-23(22)28-24(21)17-19/h7,9-10,12,17-18,28H,4-6,8,11,13-16H2,1-3H3. The Morgan fingerprint density at radius 1 is 0.909 bits per heavy atom. The van der Waals surface area contributed by atoms with E-state index in [1.165, 1.54) is 0 Å². The molecule has 0 fully saturated rings. The highest BCUT2D eigenvalue weighted by Crippen LogP contribution is 2.25. The third-order valence-electron chi connectivity index (χ3n) is 5.14. The second-order valence-corrected chi connectivity index (χ2v) is 9.13. The van der Waals surface area contributed by atoms with Crippen LogP contribution in [0.25, 0.3) is 21.8 Å². The summed E-state index contributed by atoms with van der Waals surface area (Å²) in [4.78, 5) is 31.4. The molecular formula is C26H34N2O5. The fourth-order valence-corrected chi connectivity index (χ4v) is 3.60. The summed E-state index contributed by atoms with van der Waals surface area (Å²) < 4.78 is 16.1. The Morgan fingerprint density at radius 3 is 2.48 bits per heavy atom. The van der Waals surface area contributed by atoms with Crippen molar-refractivity contribution in [2.24, 2.45) is 0 Å². The maximum atomic E-state index is 12.2. The first kappa shape index (κ1) is 24.9. The number of ether oxygens (including phenoxy) is 3. The lowest BCUT2D eigenvalue weighted by Crippen LogP contribution is -2.24. The summed E-state index contributed by atoms with van der Waals surface area (Å²) in [5.41, 5.74) is 2.82. The molecule has 1 N–H and O–H groups in total. The highest BCUT2D eigenvalue weighted by atomic mass is 16.6. The van der Waals surface area contributed by atoms with Crippen molar-refractivity contribution >= 4 is 33.6 Å². The molecule has 0 aliphatic carbocycles. The zero-order chi connectivity index (χ0) is 23.7. The van der Waals surface area contributed by atoms with Gasteiger partial charge in [0.05, 0.1) is 26.2 Å². The second kappa shape index (κ2) is 11.9. The molecule has 2 heterocycles. The van der Waals surface area contributed by atoms with Crippen molar-refractivity contribution < 1.29 is 23.8 Å². The summed E-state index contributed by atoms with van der Waals surface area (Å²) >= 11 is 0. The van der Waals surface area contributed by atoms with Gasteiger partial charge in [-0.15, -0.1) is 0 Å². The van der Waals surface area contributed by atoms with Gasteiger partial charge in [-0.2, -0.15) is 0 Å². The molecule has 178 valence electrons. The summed E-state index contributed by atoms with van der Waals surface area (Å²) in [7, 11) is 0. The van der Waals surface area contributed by atoms with Crippen molar-refractivity contribution in [1.29, 1.82) is 0 Å². The Morgan fingerprint density at radius 2 is 1.70 bits per heavy atom. The van der Waals surface area contributed by atoms with Crippen molar-refractivity contribution in [3.63, 3.8) is 0 Å².